The van der Waals surface area contributed by atoms with Crippen molar-refractivity contribution < 1.29 is 4.79 Å². The van der Waals surface area contributed by atoms with Crippen LogP contribution in [-0.4, -0.2) is 22.4 Å². The topological polar surface area (TPSA) is 58.1 Å². The van der Waals surface area contributed by atoms with Gasteiger partial charge in [-0.25, -0.2) is 4.98 Å². The van der Waals surface area contributed by atoms with Crippen LogP contribution in [0.25, 0.3) is 10.8 Å². The smallest absolute Gasteiger partial charge is 0.259 e. The molecule has 1 atom stereocenters. The van der Waals surface area contributed by atoms with E-state index in [1.807, 2.05) is 67.6 Å². The molecule has 0 saturated carbocycles. The summed E-state index contributed by atoms with van der Waals surface area (Å²) >= 11 is 0. The molecule has 4 rings (SSSR count). The molecule has 0 radical (unpaired) electrons. The van der Waals surface area contributed by atoms with Gasteiger partial charge in [-0.15, -0.1) is 0 Å². The molecule has 0 spiro atoms. The Morgan fingerprint density at radius 1 is 0.967 bits per heavy atom. The molecule has 0 aliphatic carbocycles. The first kappa shape index (κ1) is 19.6. The molecule has 1 N–H and O–H groups in total. The standard InChI is InChI=1S/C25H24N4O/c1-3-29(24(30)22-14-13-20-11-7-8-12-21(20)17-22)23-15-16-26-25(28-23)27-18(2)19-9-5-4-6-10-19/h4-18H,3H2,1-2H3,(H,26,27,28)/t18-/m0/s1. The van der Waals surface area contributed by atoms with Gasteiger partial charge in [-0.2, -0.15) is 4.98 Å². The van der Waals surface area contributed by atoms with E-state index in [2.05, 4.69) is 34.3 Å². The lowest BCUT2D eigenvalue weighted by molar-refractivity contribution is 0.0987. The van der Waals surface area contributed by atoms with Crippen molar-refractivity contribution in [2.75, 3.05) is 16.8 Å². The van der Waals surface area contributed by atoms with Gasteiger partial charge < -0.3 is 5.32 Å². The maximum absolute atomic E-state index is 13.2. The van der Waals surface area contributed by atoms with Crippen LogP contribution in [0, 0.1) is 0 Å². The minimum Gasteiger partial charge on any atom is -0.348 e. The Hall–Kier alpha value is -3.73. The van der Waals surface area contributed by atoms with E-state index in [0.717, 1.165) is 16.3 Å². The summed E-state index contributed by atoms with van der Waals surface area (Å²) in [7, 11) is 0. The average molecular weight is 396 g/mol. The summed E-state index contributed by atoms with van der Waals surface area (Å²) in [4.78, 5) is 23.8. The molecule has 150 valence electrons. The largest absolute Gasteiger partial charge is 0.348 e. The van der Waals surface area contributed by atoms with Crippen molar-refractivity contribution in [1.82, 2.24) is 9.97 Å². The minimum absolute atomic E-state index is 0.0488. The number of nitrogens with one attached hydrogen (secondary N) is 1. The van der Waals surface area contributed by atoms with Crippen molar-refractivity contribution in [3.05, 3.63) is 96.2 Å². The summed E-state index contributed by atoms with van der Waals surface area (Å²) in [5, 5.41) is 5.47. The molecule has 4 aromatic rings. The summed E-state index contributed by atoms with van der Waals surface area (Å²) in [6.45, 7) is 4.51. The highest BCUT2D eigenvalue weighted by Crippen LogP contribution is 2.21. The molecular weight excluding hydrogens is 372 g/mol. The maximum atomic E-state index is 13.2. The van der Waals surface area contributed by atoms with Crippen LogP contribution in [0.2, 0.25) is 0 Å². The Kier molecular flexibility index (Phi) is 5.70. The number of aromatic nitrogens is 2. The van der Waals surface area contributed by atoms with Crippen molar-refractivity contribution in [3.8, 4) is 0 Å². The van der Waals surface area contributed by atoms with Crippen LogP contribution < -0.4 is 10.2 Å². The predicted octanol–water partition coefficient (Wildman–Crippen LogP) is 5.47. The molecule has 0 aliphatic rings. The second-order valence-electron chi connectivity index (χ2n) is 7.13. The van der Waals surface area contributed by atoms with Gasteiger partial charge >= 0.3 is 0 Å². The molecule has 5 nitrogen and oxygen atoms in total. The van der Waals surface area contributed by atoms with Gasteiger partial charge in [0, 0.05) is 18.3 Å². The summed E-state index contributed by atoms with van der Waals surface area (Å²) < 4.78 is 0. The number of hydrogen-bond donors (Lipinski definition) is 1. The minimum atomic E-state index is -0.0796. The molecule has 0 bridgehead atoms. The van der Waals surface area contributed by atoms with Gasteiger partial charge in [-0.05, 0) is 48.4 Å². The molecule has 1 aromatic heterocycles. The van der Waals surface area contributed by atoms with E-state index >= 15 is 0 Å². The van der Waals surface area contributed by atoms with Crippen LogP contribution >= 0.6 is 0 Å². The average Bonchev–Trinajstić information content (AvgIpc) is 2.80. The van der Waals surface area contributed by atoms with E-state index in [4.69, 9.17) is 0 Å². The highest BCUT2D eigenvalue weighted by atomic mass is 16.2. The SMILES string of the molecule is CCN(C(=O)c1ccc2ccccc2c1)c1ccnc(N[C@@H](C)c2ccccc2)n1. The molecule has 0 fully saturated rings. The van der Waals surface area contributed by atoms with E-state index in [1.165, 1.54) is 0 Å². The Balaban J connectivity index is 1.58. The molecule has 3 aromatic carbocycles. The Morgan fingerprint density at radius 2 is 1.70 bits per heavy atom. The lowest BCUT2D eigenvalue weighted by Crippen LogP contribution is -2.31. The van der Waals surface area contributed by atoms with Crippen molar-refractivity contribution in [1.29, 1.82) is 0 Å². The van der Waals surface area contributed by atoms with Gasteiger partial charge in [0.2, 0.25) is 5.95 Å². The molecule has 5 heteroatoms. The second-order valence-corrected chi connectivity index (χ2v) is 7.13. The fraction of sp³-hybridized carbons (Fsp3) is 0.160. The molecule has 0 aliphatic heterocycles. The third-order valence-electron chi connectivity index (χ3n) is 5.12. The zero-order valence-corrected chi connectivity index (χ0v) is 17.1. The summed E-state index contributed by atoms with van der Waals surface area (Å²) in [6.07, 6.45) is 1.68. The van der Waals surface area contributed by atoms with Crippen LogP contribution in [0.3, 0.4) is 0 Å². The Morgan fingerprint density at radius 3 is 2.47 bits per heavy atom. The lowest BCUT2D eigenvalue weighted by atomic mass is 10.1. The number of anilines is 2. The highest BCUT2D eigenvalue weighted by Gasteiger charge is 2.18. The number of nitrogens with zero attached hydrogens (tertiary/aromatic N) is 3. The third kappa shape index (κ3) is 4.15. The lowest BCUT2D eigenvalue weighted by Gasteiger charge is -2.21. The van der Waals surface area contributed by atoms with Gasteiger partial charge in [0.15, 0.2) is 0 Å². The normalized spacial score (nSPS) is 11.8. The van der Waals surface area contributed by atoms with E-state index in [9.17, 15) is 4.79 Å². The van der Waals surface area contributed by atoms with Gasteiger partial charge in [0.25, 0.3) is 5.91 Å². The molecule has 30 heavy (non-hydrogen) atoms. The Bertz CT molecular complexity index is 1160. The van der Waals surface area contributed by atoms with Crippen LogP contribution in [0.5, 0.6) is 0 Å². The van der Waals surface area contributed by atoms with E-state index in [-0.39, 0.29) is 11.9 Å². The van der Waals surface area contributed by atoms with E-state index < -0.39 is 0 Å². The predicted molar refractivity (Wildman–Crippen MR) is 122 cm³/mol. The van der Waals surface area contributed by atoms with Crippen LogP contribution in [0.1, 0.15) is 35.8 Å². The first-order valence-electron chi connectivity index (χ1n) is 10.1. The first-order valence-corrected chi connectivity index (χ1v) is 10.1. The van der Waals surface area contributed by atoms with Crippen LogP contribution in [0.4, 0.5) is 11.8 Å². The third-order valence-corrected chi connectivity index (χ3v) is 5.12. The van der Waals surface area contributed by atoms with E-state index in [1.54, 1.807) is 17.2 Å². The highest BCUT2D eigenvalue weighted by molar-refractivity contribution is 6.07. The summed E-state index contributed by atoms with van der Waals surface area (Å²) in [5.41, 5.74) is 1.78. The van der Waals surface area contributed by atoms with Gasteiger partial charge in [-0.1, -0.05) is 60.7 Å². The number of benzene rings is 3. The van der Waals surface area contributed by atoms with Crippen LogP contribution in [0.15, 0.2) is 85.1 Å². The Labute approximate surface area is 176 Å². The molecule has 1 heterocycles. The van der Waals surface area contributed by atoms with Crippen molar-refractivity contribution in [2.24, 2.45) is 0 Å². The number of fused-ring (bicyclic) bond motifs is 1. The number of hydrogen-bond acceptors (Lipinski definition) is 4. The van der Waals surface area contributed by atoms with Gasteiger partial charge in [-0.3, -0.25) is 9.69 Å². The quantitative estimate of drug-likeness (QED) is 0.469. The number of amides is 1. The summed E-state index contributed by atoms with van der Waals surface area (Å²) in [5.74, 6) is 0.992. The number of carbonyl (C=O) groups excluding carboxylic acids is 1. The molecule has 0 saturated heterocycles. The van der Waals surface area contributed by atoms with Crippen molar-refractivity contribution in [2.45, 2.75) is 19.9 Å². The monoisotopic (exact) mass is 396 g/mol. The molecule has 0 unspecified atom stereocenters. The fourth-order valence-electron chi connectivity index (χ4n) is 3.48. The fourth-order valence-corrected chi connectivity index (χ4v) is 3.48. The van der Waals surface area contributed by atoms with Crippen LogP contribution in [-0.2, 0) is 0 Å². The second kappa shape index (κ2) is 8.74. The maximum Gasteiger partial charge on any atom is 0.259 e. The van der Waals surface area contributed by atoms with Crippen molar-refractivity contribution in [3.63, 3.8) is 0 Å². The first-order chi connectivity index (χ1) is 14.7. The van der Waals surface area contributed by atoms with E-state index in [0.29, 0.717) is 23.9 Å². The number of rotatable bonds is 6. The molecular formula is C25H24N4O. The molecule has 1 amide bonds. The van der Waals surface area contributed by atoms with Crippen molar-refractivity contribution >= 4 is 28.4 Å². The van der Waals surface area contributed by atoms with Gasteiger partial charge in [0.1, 0.15) is 5.82 Å². The zero-order chi connectivity index (χ0) is 20.9. The number of carbonyl (C=O) groups is 1. The zero-order valence-electron chi connectivity index (χ0n) is 17.1. The van der Waals surface area contributed by atoms with Gasteiger partial charge in [0.05, 0.1) is 6.04 Å². The summed E-state index contributed by atoms with van der Waals surface area (Å²) in [6, 6.07) is 25.7.